The van der Waals surface area contributed by atoms with Crippen LogP contribution in [0, 0.1) is 13.8 Å². The molecule has 1 aromatic carbocycles. The highest BCUT2D eigenvalue weighted by Crippen LogP contribution is 2.36. The van der Waals surface area contributed by atoms with Crippen molar-refractivity contribution in [3.8, 4) is 0 Å². The fraction of sp³-hybridized carbons (Fsp3) is 0.400. The Balaban J connectivity index is 1.72. The molecule has 3 amide bonds. The van der Waals surface area contributed by atoms with Gasteiger partial charge in [-0.25, -0.2) is 0 Å². The van der Waals surface area contributed by atoms with E-state index in [0.717, 1.165) is 11.1 Å². The van der Waals surface area contributed by atoms with Gasteiger partial charge in [0.2, 0.25) is 17.7 Å². The normalized spacial score (nSPS) is 19.7. The van der Waals surface area contributed by atoms with Gasteiger partial charge < -0.3 is 9.84 Å². The first kappa shape index (κ1) is 18.8. The lowest BCUT2D eigenvalue weighted by atomic mass is 9.72. The average Bonchev–Trinajstić information content (AvgIpc) is 2.95. The maximum Gasteiger partial charge on any atom is 0.237 e. The monoisotopic (exact) mass is 369 g/mol. The van der Waals surface area contributed by atoms with Crippen molar-refractivity contribution in [1.29, 1.82) is 0 Å². The van der Waals surface area contributed by atoms with E-state index >= 15 is 0 Å². The predicted molar refractivity (Wildman–Crippen MR) is 99.1 cm³/mol. The molecule has 0 saturated carbocycles. The van der Waals surface area contributed by atoms with E-state index < -0.39 is 5.41 Å². The van der Waals surface area contributed by atoms with Gasteiger partial charge >= 0.3 is 0 Å². The van der Waals surface area contributed by atoms with Gasteiger partial charge in [-0.15, -0.1) is 0 Å². The standard InChI is InChI=1S/C20H23N3O4/c1-4-20(10-9-17(24)22-19(20)26)14-5-7-15(8-6-14)21-18(25)11-16-12(2)23-27-13(16)3/h5-8H,4,9-11H2,1-3H3,(H,21,25)(H,22,24,26). The highest BCUT2D eigenvalue weighted by molar-refractivity contribution is 6.03. The van der Waals surface area contributed by atoms with Crippen LogP contribution < -0.4 is 10.6 Å². The second-order valence-corrected chi connectivity index (χ2v) is 6.92. The fourth-order valence-corrected chi connectivity index (χ4v) is 3.56. The molecule has 1 aliphatic heterocycles. The molecule has 1 unspecified atom stereocenters. The Hall–Kier alpha value is -2.96. The molecule has 2 N–H and O–H groups in total. The number of carbonyl (C=O) groups is 3. The Kier molecular flexibility index (Phi) is 5.12. The molecule has 0 spiro atoms. The number of aryl methyl sites for hydroxylation is 2. The van der Waals surface area contributed by atoms with Crippen LogP contribution in [0.25, 0.3) is 0 Å². The van der Waals surface area contributed by atoms with E-state index in [1.807, 2.05) is 19.1 Å². The zero-order chi connectivity index (χ0) is 19.6. The number of hydrogen-bond acceptors (Lipinski definition) is 5. The molecule has 2 heterocycles. The Labute approximate surface area is 157 Å². The van der Waals surface area contributed by atoms with Crippen LogP contribution in [0.4, 0.5) is 5.69 Å². The Morgan fingerprint density at radius 1 is 1.26 bits per heavy atom. The van der Waals surface area contributed by atoms with Crippen molar-refractivity contribution < 1.29 is 18.9 Å². The Morgan fingerprint density at radius 2 is 1.96 bits per heavy atom. The number of nitrogens with one attached hydrogen (secondary N) is 2. The fourth-order valence-electron chi connectivity index (χ4n) is 3.56. The number of benzene rings is 1. The zero-order valence-corrected chi connectivity index (χ0v) is 15.7. The minimum absolute atomic E-state index is 0.164. The molecular formula is C20H23N3O4. The summed E-state index contributed by atoms with van der Waals surface area (Å²) in [5, 5.41) is 9.14. The summed E-state index contributed by atoms with van der Waals surface area (Å²) in [5.41, 5.74) is 2.29. The topological polar surface area (TPSA) is 101 Å². The smallest absolute Gasteiger partial charge is 0.237 e. The molecule has 142 valence electrons. The van der Waals surface area contributed by atoms with Crippen LogP contribution in [-0.4, -0.2) is 22.9 Å². The van der Waals surface area contributed by atoms with Crippen molar-refractivity contribution in [2.24, 2.45) is 0 Å². The van der Waals surface area contributed by atoms with Crippen molar-refractivity contribution in [3.05, 3.63) is 46.8 Å². The highest BCUT2D eigenvalue weighted by atomic mass is 16.5. The van der Waals surface area contributed by atoms with E-state index in [4.69, 9.17) is 4.52 Å². The predicted octanol–water partition coefficient (Wildman–Crippen LogP) is 2.56. The molecule has 0 bridgehead atoms. The summed E-state index contributed by atoms with van der Waals surface area (Å²) in [6, 6.07) is 7.23. The third-order valence-electron chi connectivity index (χ3n) is 5.31. The first-order valence-corrected chi connectivity index (χ1v) is 9.02. The van der Waals surface area contributed by atoms with Crippen molar-refractivity contribution in [3.63, 3.8) is 0 Å². The van der Waals surface area contributed by atoms with Crippen molar-refractivity contribution in [2.75, 3.05) is 5.32 Å². The van der Waals surface area contributed by atoms with E-state index in [9.17, 15) is 14.4 Å². The van der Waals surface area contributed by atoms with Crippen LogP contribution in [0.5, 0.6) is 0 Å². The largest absolute Gasteiger partial charge is 0.361 e. The zero-order valence-electron chi connectivity index (χ0n) is 15.7. The molecule has 0 radical (unpaired) electrons. The molecule has 2 aromatic rings. The van der Waals surface area contributed by atoms with Gasteiger partial charge in [0.15, 0.2) is 0 Å². The van der Waals surface area contributed by atoms with Crippen LogP contribution in [0.1, 0.15) is 48.8 Å². The quantitative estimate of drug-likeness (QED) is 0.789. The SMILES string of the molecule is CCC1(c2ccc(NC(=O)Cc3c(C)noc3C)cc2)CCC(=O)NC1=O. The van der Waals surface area contributed by atoms with E-state index in [-0.39, 0.29) is 24.1 Å². The van der Waals surface area contributed by atoms with E-state index in [1.165, 1.54) is 0 Å². The van der Waals surface area contributed by atoms with Crippen LogP contribution in [0.2, 0.25) is 0 Å². The molecule has 1 fully saturated rings. The van der Waals surface area contributed by atoms with E-state index in [2.05, 4.69) is 15.8 Å². The number of carbonyl (C=O) groups excluding carboxylic acids is 3. The van der Waals surface area contributed by atoms with Crippen LogP contribution in [-0.2, 0) is 26.2 Å². The lowest BCUT2D eigenvalue weighted by molar-refractivity contribution is -0.138. The lowest BCUT2D eigenvalue weighted by Gasteiger charge is -2.35. The number of amides is 3. The van der Waals surface area contributed by atoms with Gasteiger partial charge in [0.1, 0.15) is 5.76 Å². The number of imide groups is 1. The summed E-state index contributed by atoms with van der Waals surface area (Å²) in [6.07, 6.45) is 1.61. The number of anilines is 1. The summed E-state index contributed by atoms with van der Waals surface area (Å²) < 4.78 is 5.08. The average molecular weight is 369 g/mol. The molecular weight excluding hydrogens is 346 g/mol. The summed E-state index contributed by atoms with van der Waals surface area (Å²) >= 11 is 0. The molecule has 7 nitrogen and oxygen atoms in total. The van der Waals surface area contributed by atoms with Gasteiger partial charge in [-0.2, -0.15) is 0 Å². The van der Waals surface area contributed by atoms with Crippen molar-refractivity contribution >= 4 is 23.4 Å². The third-order valence-corrected chi connectivity index (χ3v) is 5.31. The van der Waals surface area contributed by atoms with Gasteiger partial charge in [-0.3, -0.25) is 19.7 Å². The maximum absolute atomic E-state index is 12.4. The third kappa shape index (κ3) is 3.63. The van der Waals surface area contributed by atoms with Crippen molar-refractivity contribution in [2.45, 2.75) is 51.9 Å². The minimum atomic E-state index is -0.701. The number of nitrogens with zero attached hydrogens (tertiary/aromatic N) is 1. The van der Waals surface area contributed by atoms with E-state index in [1.54, 1.807) is 26.0 Å². The van der Waals surface area contributed by atoms with Gasteiger partial charge in [-0.1, -0.05) is 24.2 Å². The molecule has 0 aliphatic carbocycles. The summed E-state index contributed by atoms with van der Waals surface area (Å²) in [6.45, 7) is 5.52. The van der Waals surface area contributed by atoms with Crippen LogP contribution in [0.15, 0.2) is 28.8 Å². The maximum atomic E-state index is 12.4. The van der Waals surface area contributed by atoms with Gasteiger partial charge in [-0.05, 0) is 44.4 Å². The molecule has 7 heteroatoms. The molecule has 1 aliphatic rings. The molecule has 3 rings (SSSR count). The summed E-state index contributed by atoms with van der Waals surface area (Å²) in [4.78, 5) is 36.2. The summed E-state index contributed by atoms with van der Waals surface area (Å²) in [5.74, 6) is -0.00664. The number of hydrogen-bond donors (Lipinski definition) is 2. The Bertz CT molecular complexity index is 866. The number of piperidine rings is 1. The number of aromatic nitrogens is 1. The molecule has 27 heavy (non-hydrogen) atoms. The first-order chi connectivity index (χ1) is 12.9. The first-order valence-electron chi connectivity index (χ1n) is 9.02. The molecule has 1 atom stereocenters. The second-order valence-electron chi connectivity index (χ2n) is 6.92. The highest BCUT2D eigenvalue weighted by Gasteiger charge is 2.42. The molecule has 1 saturated heterocycles. The number of rotatable bonds is 5. The van der Waals surface area contributed by atoms with Crippen LogP contribution >= 0.6 is 0 Å². The van der Waals surface area contributed by atoms with Crippen molar-refractivity contribution in [1.82, 2.24) is 10.5 Å². The lowest BCUT2D eigenvalue weighted by Crippen LogP contribution is -2.51. The Morgan fingerprint density at radius 3 is 2.52 bits per heavy atom. The summed E-state index contributed by atoms with van der Waals surface area (Å²) in [7, 11) is 0. The minimum Gasteiger partial charge on any atom is -0.361 e. The van der Waals surface area contributed by atoms with Gasteiger partial charge in [0.05, 0.1) is 17.5 Å². The van der Waals surface area contributed by atoms with Crippen LogP contribution in [0.3, 0.4) is 0 Å². The van der Waals surface area contributed by atoms with Gasteiger partial charge in [0, 0.05) is 17.7 Å². The van der Waals surface area contributed by atoms with E-state index in [0.29, 0.717) is 36.4 Å². The van der Waals surface area contributed by atoms with Gasteiger partial charge in [0.25, 0.3) is 0 Å². The molecule has 1 aromatic heterocycles. The second kappa shape index (κ2) is 7.34.